The second kappa shape index (κ2) is 3.37. The van der Waals surface area contributed by atoms with Crippen molar-refractivity contribution >= 4 is 16.8 Å². The molecule has 3 heteroatoms. The molecule has 1 aliphatic rings. The summed E-state index contributed by atoms with van der Waals surface area (Å²) in [6, 6.07) is 8.34. The van der Waals surface area contributed by atoms with Gasteiger partial charge < -0.3 is 9.88 Å². The number of rotatable bonds is 1. The van der Waals surface area contributed by atoms with Crippen LogP contribution in [0.2, 0.25) is 0 Å². The third kappa shape index (κ3) is 1.32. The molecule has 0 aliphatic carbocycles. The number of carbonyl (C=O) groups is 1. The molecule has 2 heterocycles. The molecule has 16 heavy (non-hydrogen) atoms. The maximum Gasteiger partial charge on any atom is 0.220 e. The van der Waals surface area contributed by atoms with E-state index < -0.39 is 0 Å². The highest BCUT2D eigenvalue weighted by molar-refractivity contribution is 5.87. The van der Waals surface area contributed by atoms with Gasteiger partial charge in [0, 0.05) is 43.0 Å². The number of fused-ring (bicyclic) bond motifs is 1. The highest BCUT2D eigenvalue weighted by atomic mass is 16.1. The third-order valence-electron chi connectivity index (χ3n) is 3.35. The molecule has 2 aromatic rings. The smallest absolute Gasteiger partial charge is 0.220 e. The molecule has 82 valence electrons. The summed E-state index contributed by atoms with van der Waals surface area (Å²) in [5.74, 6) is 0.497. The molecule has 3 nitrogen and oxygen atoms in total. The van der Waals surface area contributed by atoms with Crippen LogP contribution in [0.5, 0.6) is 0 Å². The molecule has 0 radical (unpaired) electrons. The number of para-hydroxylation sites is 1. The fourth-order valence-electron chi connectivity index (χ4n) is 2.52. The quantitative estimate of drug-likeness (QED) is 0.771. The summed E-state index contributed by atoms with van der Waals surface area (Å²) in [6.07, 6.45) is 2.77. The molecule has 0 bridgehead atoms. The molecule has 0 unspecified atom stereocenters. The molecule has 3 rings (SSSR count). The van der Waals surface area contributed by atoms with Gasteiger partial charge in [-0.3, -0.25) is 4.79 Å². The fraction of sp³-hybridized carbons (Fsp3) is 0.308. The van der Waals surface area contributed by atoms with Gasteiger partial charge in [0.2, 0.25) is 5.91 Å². The van der Waals surface area contributed by atoms with Crippen molar-refractivity contribution in [1.29, 1.82) is 0 Å². The van der Waals surface area contributed by atoms with Crippen LogP contribution in [-0.4, -0.2) is 17.0 Å². The van der Waals surface area contributed by atoms with Gasteiger partial charge in [0.25, 0.3) is 0 Å². The van der Waals surface area contributed by atoms with E-state index in [0.29, 0.717) is 12.3 Å². The molecular weight excluding hydrogens is 200 g/mol. The molecule has 1 amide bonds. The molecule has 0 spiro atoms. The molecule has 1 N–H and O–H groups in total. The predicted molar refractivity (Wildman–Crippen MR) is 63.3 cm³/mol. The first-order chi connectivity index (χ1) is 7.75. The van der Waals surface area contributed by atoms with E-state index >= 15 is 0 Å². The van der Waals surface area contributed by atoms with E-state index in [4.69, 9.17) is 0 Å². The van der Waals surface area contributed by atoms with E-state index in [-0.39, 0.29) is 5.91 Å². The summed E-state index contributed by atoms with van der Waals surface area (Å²) in [7, 11) is 2.05. The number of amides is 1. The van der Waals surface area contributed by atoms with Crippen molar-refractivity contribution in [3.05, 3.63) is 36.0 Å². The van der Waals surface area contributed by atoms with Crippen molar-refractivity contribution in [2.45, 2.75) is 12.3 Å². The van der Waals surface area contributed by atoms with Crippen molar-refractivity contribution in [2.24, 2.45) is 7.05 Å². The average Bonchev–Trinajstić information content (AvgIpc) is 2.84. The Kier molecular flexibility index (Phi) is 1.99. The molecule has 1 atom stereocenters. The Morgan fingerprint density at radius 3 is 2.94 bits per heavy atom. The van der Waals surface area contributed by atoms with Gasteiger partial charge in [0.05, 0.1) is 0 Å². The number of aryl methyl sites for hydroxylation is 1. The number of nitrogens with one attached hydrogen (secondary N) is 1. The van der Waals surface area contributed by atoms with E-state index in [0.717, 1.165) is 6.54 Å². The van der Waals surface area contributed by atoms with Crippen LogP contribution in [0.1, 0.15) is 17.9 Å². The van der Waals surface area contributed by atoms with Gasteiger partial charge >= 0.3 is 0 Å². The van der Waals surface area contributed by atoms with E-state index in [2.05, 4.69) is 41.3 Å². The zero-order chi connectivity index (χ0) is 11.1. The number of carbonyl (C=O) groups excluding carboxylic acids is 1. The number of hydrogen-bond acceptors (Lipinski definition) is 1. The lowest BCUT2D eigenvalue weighted by Crippen LogP contribution is -2.13. The lowest BCUT2D eigenvalue weighted by atomic mass is 9.98. The summed E-state index contributed by atoms with van der Waals surface area (Å²) in [5.41, 5.74) is 2.52. The average molecular weight is 214 g/mol. The summed E-state index contributed by atoms with van der Waals surface area (Å²) in [6.45, 7) is 0.771. The lowest BCUT2D eigenvalue weighted by Gasteiger charge is -2.04. The van der Waals surface area contributed by atoms with Crippen molar-refractivity contribution in [2.75, 3.05) is 6.54 Å². The highest BCUT2D eigenvalue weighted by Gasteiger charge is 2.25. The Hall–Kier alpha value is -1.77. The zero-order valence-electron chi connectivity index (χ0n) is 9.23. The molecule has 1 saturated heterocycles. The largest absolute Gasteiger partial charge is 0.355 e. The van der Waals surface area contributed by atoms with Crippen LogP contribution in [0.15, 0.2) is 30.5 Å². The monoisotopic (exact) mass is 214 g/mol. The number of nitrogens with zero attached hydrogens (tertiary/aromatic N) is 1. The zero-order valence-corrected chi connectivity index (χ0v) is 9.23. The maximum absolute atomic E-state index is 11.3. The number of benzene rings is 1. The standard InChI is InChI=1S/C13H14N2O/c1-15-8-11(9-6-13(16)14-7-9)10-4-2-3-5-12(10)15/h2-5,8-9H,6-7H2,1H3,(H,14,16)/t9-/m0/s1. The SMILES string of the molecule is Cn1cc([C@@H]2CNC(=O)C2)c2ccccc21. The first-order valence-electron chi connectivity index (χ1n) is 5.56. The molecule has 0 saturated carbocycles. The molecule has 1 aromatic heterocycles. The fourth-order valence-corrected chi connectivity index (χ4v) is 2.52. The first-order valence-corrected chi connectivity index (χ1v) is 5.56. The Balaban J connectivity index is 2.13. The minimum Gasteiger partial charge on any atom is -0.355 e. The van der Waals surface area contributed by atoms with Crippen LogP contribution in [0.4, 0.5) is 0 Å². The van der Waals surface area contributed by atoms with Gasteiger partial charge in [0.15, 0.2) is 0 Å². The normalized spacial score (nSPS) is 20.3. The predicted octanol–water partition coefficient (Wildman–Crippen LogP) is 1.78. The lowest BCUT2D eigenvalue weighted by molar-refractivity contribution is -0.119. The van der Waals surface area contributed by atoms with Crippen molar-refractivity contribution in [3.63, 3.8) is 0 Å². The van der Waals surface area contributed by atoms with Crippen LogP contribution < -0.4 is 5.32 Å². The van der Waals surface area contributed by atoms with Crippen LogP contribution in [0, 0.1) is 0 Å². The summed E-state index contributed by atoms with van der Waals surface area (Å²) >= 11 is 0. The van der Waals surface area contributed by atoms with Gasteiger partial charge in [-0.05, 0) is 11.6 Å². The van der Waals surface area contributed by atoms with Gasteiger partial charge in [-0.25, -0.2) is 0 Å². The third-order valence-corrected chi connectivity index (χ3v) is 3.35. The summed E-state index contributed by atoms with van der Waals surface area (Å²) in [5, 5.41) is 4.16. The highest BCUT2D eigenvalue weighted by Crippen LogP contribution is 2.30. The van der Waals surface area contributed by atoms with Gasteiger partial charge in [-0.1, -0.05) is 18.2 Å². The molecule has 1 aromatic carbocycles. The van der Waals surface area contributed by atoms with Crippen molar-refractivity contribution in [3.8, 4) is 0 Å². The number of aromatic nitrogens is 1. The Morgan fingerprint density at radius 2 is 2.19 bits per heavy atom. The summed E-state index contributed by atoms with van der Waals surface area (Å²) < 4.78 is 2.13. The summed E-state index contributed by atoms with van der Waals surface area (Å²) in [4.78, 5) is 11.3. The van der Waals surface area contributed by atoms with Crippen LogP contribution in [-0.2, 0) is 11.8 Å². The van der Waals surface area contributed by atoms with Crippen molar-refractivity contribution in [1.82, 2.24) is 9.88 Å². The maximum atomic E-state index is 11.3. The minimum atomic E-state index is 0.165. The van der Waals surface area contributed by atoms with Crippen LogP contribution >= 0.6 is 0 Å². The van der Waals surface area contributed by atoms with Gasteiger partial charge in [-0.15, -0.1) is 0 Å². The van der Waals surface area contributed by atoms with Crippen LogP contribution in [0.25, 0.3) is 10.9 Å². The second-order valence-electron chi connectivity index (χ2n) is 4.42. The second-order valence-corrected chi connectivity index (χ2v) is 4.42. The van der Waals surface area contributed by atoms with Crippen molar-refractivity contribution < 1.29 is 4.79 Å². The van der Waals surface area contributed by atoms with Gasteiger partial charge in [-0.2, -0.15) is 0 Å². The topological polar surface area (TPSA) is 34.0 Å². The van der Waals surface area contributed by atoms with Crippen LogP contribution in [0.3, 0.4) is 0 Å². The first kappa shape index (κ1) is 9.46. The van der Waals surface area contributed by atoms with E-state index in [1.54, 1.807) is 0 Å². The Labute approximate surface area is 94.1 Å². The molecular formula is C13H14N2O. The minimum absolute atomic E-state index is 0.165. The van der Waals surface area contributed by atoms with E-state index in [1.807, 2.05) is 6.07 Å². The van der Waals surface area contributed by atoms with E-state index in [1.165, 1.54) is 16.5 Å². The number of hydrogen-bond donors (Lipinski definition) is 1. The Morgan fingerprint density at radius 1 is 1.38 bits per heavy atom. The van der Waals surface area contributed by atoms with Gasteiger partial charge in [0.1, 0.15) is 0 Å². The molecule has 1 aliphatic heterocycles. The molecule has 1 fully saturated rings. The van der Waals surface area contributed by atoms with E-state index in [9.17, 15) is 4.79 Å². The Bertz CT molecular complexity index is 556.